The van der Waals surface area contributed by atoms with Gasteiger partial charge in [0.1, 0.15) is 23.9 Å². The monoisotopic (exact) mass is 473 g/mol. The Kier molecular flexibility index (Phi) is 7.17. The third-order valence-electron chi connectivity index (χ3n) is 5.88. The van der Waals surface area contributed by atoms with Crippen molar-refractivity contribution in [1.82, 2.24) is 4.90 Å². The van der Waals surface area contributed by atoms with Crippen LogP contribution in [0.25, 0.3) is 5.76 Å². The zero-order chi connectivity index (χ0) is 24.9. The lowest BCUT2D eigenvalue weighted by Crippen LogP contribution is -2.32. The van der Waals surface area contributed by atoms with E-state index in [-0.39, 0.29) is 30.2 Å². The molecule has 2 N–H and O–H groups in total. The lowest BCUT2D eigenvalue weighted by Gasteiger charge is -2.25. The fourth-order valence-corrected chi connectivity index (χ4v) is 4.17. The molecular weight excluding hydrogens is 446 g/mol. The number of aliphatic hydroxyl groups is 1. The Morgan fingerprint density at radius 2 is 1.74 bits per heavy atom. The van der Waals surface area contributed by atoms with Crippen LogP contribution in [0.4, 0.5) is 0 Å². The molecule has 3 aromatic carbocycles. The van der Waals surface area contributed by atoms with Crippen LogP contribution < -0.4 is 4.74 Å². The molecule has 4 rings (SSSR count). The molecule has 0 spiro atoms. The van der Waals surface area contributed by atoms with E-state index in [4.69, 9.17) is 9.47 Å². The minimum Gasteiger partial charge on any atom is -0.508 e. The fourth-order valence-electron chi connectivity index (χ4n) is 4.17. The number of phenolic OH excluding ortho intramolecular Hbond substituents is 1. The zero-order valence-corrected chi connectivity index (χ0v) is 19.6. The van der Waals surface area contributed by atoms with E-state index in [2.05, 4.69) is 0 Å². The molecule has 1 aliphatic heterocycles. The Labute approximate surface area is 203 Å². The van der Waals surface area contributed by atoms with E-state index in [1.54, 1.807) is 36.4 Å². The predicted molar refractivity (Wildman–Crippen MR) is 131 cm³/mol. The summed E-state index contributed by atoms with van der Waals surface area (Å²) < 4.78 is 10.9. The minimum absolute atomic E-state index is 0.00468. The highest BCUT2D eigenvalue weighted by atomic mass is 16.5. The standard InChI is InChI=1S/C28H27NO6/c1-18-5-3-6-19(15-18)17-35-23-11-9-20(10-12-23)26(31)24-25(21-7-4-8-22(30)16-21)29(13-14-34-2)28(33)27(24)32/h3-12,15-16,25,30-31H,13-14,17H2,1-2H3/b26-24+/t25-/m1/s1. The Balaban J connectivity index is 1.64. The molecule has 0 aliphatic carbocycles. The summed E-state index contributed by atoms with van der Waals surface area (Å²) >= 11 is 0. The number of carbonyl (C=O) groups excluding carboxylic acids is 2. The smallest absolute Gasteiger partial charge is 0.295 e. The van der Waals surface area contributed by atoms with E-state index in [0.717, 1.165) is 11.1 Å². The number of likely N-dealkylation sites (tertiary alicyclic amines) is 1. The van der Waals surface area contributed by atoms with Crippen molar-refractivity contribution in [2.24, 2.45) is 0 Å². The van der Waals surface area contributed by atoms with Crippen LogP contribution in [0.3, 0.4) is 0 Å². The van der Waals surface area contributed by atoms with Crippen molar-refractivity contribution in [2.45, 2.75) is 19.6 Å². The van der Waals surface area contributed by atoms with Gasteiger partial charge in [-0.1, -0.05) is 42.0 Å². The SMILES string of the molecule is COCCN1C(=O)C(=O)/C(=C(/O)c2ccc(OCc3cccc(C)c3)cc2)[C@H]1c1cccc(O)c1. The third kappa shape index (κ3) is 5.20. The van der Waals surface area contributed by atoms with Gasteiger partial charge in [0.2, 0.25) is 0 Å². The van der Waals surface area contributed by atoms with E-state index in [1.165, 1.54) is 24.1 Å². The largest absolute Gasteiger partial charge is 0.508 e. The number of ketones is 1. The first-order valence-corrected chi connectivity index (χ1v) is 11.2. The second kappa shape index (κ2) is 10.4. The zero-order valence-electron chi connectivity index (χ0n) is 19.6. The van der Waals surface area contributed by atoms with Crippen LogP contribution in [0.5, 0.6) is 11.5 Å². The van der Waals surface area contributed by atoms with Crippen LogP contribution in [-0.4, -0.2) is 47.1 Å². The number of benzene rings is 3. The van der Waals surface area contributed by atoms with E-state index in [0.29, 0.717) is 23.5 Å². The molecule has 3 aromatic rings. The Morgan fingerprint density at radius 3 is 2.43 bits per heavy atom. The molecule has 1 heterocycles. The number of carbonyl (C=O) groups is 2. The lowest BCUT2D eigenvalue weighted by atomic mass is 9.95. The molecule has 0 saturated carbocycles. The quantitative estimate of drug-likeness (QED) is 0.287. The molecule has 1 fully saturated rings. The summed E-state index contributed by atoms with van der Waals surface area (Å²) in [7, 11) is 1.50. The van der Waals surface area contributed by atoms with Crippen LogP contribution in [-0.2, 0) is 20.9 Å². The number of phenols is 1. The summed E-state index contributed by atoms with van der Waals surface area (Å²) in [5, 5.41) is 21.1. The topological polar surface area (TPSA) is 96.3 Å². The van der Waals surface area contributed by atoms with Gasteiger partial charge in [0.15, 0.2) is 0 Å². The van der Waals surface area contributed by atoms with E-state index in [9.17, 15) is 19.8 Å². The summed E-state index contributed by atoms with van der Waals surface area (Å²) in [6, 6.07) is 20.2. The number of aliphatic hydroxyl groups excluding tert-OH is 1. The summed E-state index contributed by atoms with van der Waals surface area (Å²) in [6.45, 7) is 2.79. The van der Waals surface area contributed by atoms with Gasteiger partial charge in [0.25, 0.3) is 11.7 Å². The van der Waals surface area contributed by atoms with E-state index >= 15 is 0 Å². The number of amides is 1. The highest BCUT2D eigenvalue weighted by Crippen LogP contribution is 2.40. The van der Waals surface area contributed by atoms with Gasteiger partial charge in [-0.2, -0.15) is 0 Å². The van der Waals surface area contributed by atoms with Gasteiger partial charge < -0.3 is 24.6 Å². The molecule has 0 unspecified atom stereocenters. The van der Waals surface area contributed by atoms with Crippen molar-refractivity contribution in [2.75, 3.05) is 20.3 Å². The first-order chi connectivity index (χ1) is 16.9. The number of ether oxygens (including phenoxy) is 2. The molecule has 1 saturated heterocycles. The van der Waals surface area contributed by atoms with Crippen molar-refractivity contribution >= 4 is 17.4 Å². The second-order valence-corrected chi connectivity index (χ2v) is 8.38. The van der Waals surface area contributed by atoms with Crippen LogP contribution in [0, 0.1) is 6.92 Å². The van der Waals surface area contributed by atoms with Gasteiger partial charge in [0, 0.05) is 19.2 Å². The van der Waals surface area contributed by atoms with Gasteiger partial charge in [-0.15, -0.1) is 0 Å². The minimum atomic E-state index is -0.852. The van der Waals surface area contributed by atoms with Crippen LogP contribution in [0.1, 0.15) is 28.3 Å². The molecule has 0 radical (unpaired) electrons. The molecule has 7 heteroatoms. The molecule has 1 atom stereocenters. The van der Waals surface area contributed by atoms with Crippen molar-refractivity contribution in [1.29, 1.82) is 0 Å². The average Bonchev–Trinajstić information content (AvgIpc) is 3.11. The number of hydrogen-bond acceptors (Lipinski definition) is 6. The van der Waals surface area contributed by atoms with Crippen molar-refractivity contribution in [3.05, 3.63) is 101 Å². The number of aryl methyl sites for hydroxylation is 1. The Bertz CT molecular complexity index is 1260. The van der Waals surface area contributed by atoms with Crippen molar-refractivity contribution in [3.63, 3.8) is 0 Å². The maximum Gasteiger partial charge on any atom is 0.295 e. The molecule has 0 bridgehead atoms. The Hall–Kier alpha value is -4.10. The van der Waals surface area contributed by atoms with Gasteiger partial charge in [-0.25, -0.2) is 0 Å². The maximum atomic E-state index is 13.0. The molecule has 1 amide bonds. The molecule has 0 aromatic heterocycles. The van der Waals surface area contributed by atoms with Crippen LogP contribution in [0.2, 0.25) is 0 Å². The summed E-state index contributed by atoms with van der Waals surface area (Å²) in [5.74, 6) is -1.20. The number of methoxy groups -OCH3 is 1. The fraction of sp³-hybridized carbons (Fsp3) is 0.214. The molecule has 180 valence electrons. The number of rotatable bonds is 8. The van der Waals surface area contributed by atoms with Crippen molar-refractivity contribution < 1.29 is 29.3 Å². The molecule has 1 aliphatic rings. The third-order valence-corrected chi connectivity index (χ3v) is 5.88. The van der Waals surface area contributed by atoms with Gasteiger partial charge >= 0.3 is 0 Å². The van der Waals surface area contributed by atoms with Crippen LogP contribution >= 0.6 is 0 Å². The highest BCUT2D eigenvalue weighted by Gasteiger charge is 2.45. The van der Waals surface area contributed by atoms with Crippen molar-refractivity contribution in [3.8, 4) is 11.5 Å². The van der Waals surface area contributed by atoms with E-state index in [1.807, 2.05) is 31.2 Å². The van der Waals surface area contributed by atoms with Crippen LogP contribution in [0.15, 0.2) is 78.4 Å². The van der Waals surface area contributed by atoms with Gasteiger partial charge in [0.05, 0.1) is 18.2 Å². The maximum absolute atomic E-state index is 13.0. The normalized spacial score (nSPS) is 17.1. The Morgan fingerprint density at radius 1 is 1.00 bits per heavy atom. The average molecular weight is 474 g/mol. The number of Topliss-reactive ketones (excluding diaryl/α,β-unsaturated/α-hetero) is 1. The molecule has 7 nitrogen and oxygen atoms in total. The molecule has 35 heavy (non-hydrogen) atoms. The summed E-state index contributed by atoms with van der Waals surface area (Å²) in [6.07, 6.45) is 0. The number of nitrogens with zero attached hydrogens (tertiary/aromatic N) is 1. The lowest BCUT2D eigenvalue weighted by molar-refractivity contribution is -0.140. The first-order valence-electron chi connectivity index (χ1n) is 11.2. The summed E-state index contributed by atoms with van der Waals surface area (Å²) in [4.78, 5) is 27.1. The highest BCUT2D eigenvalue weighted by molar-refractivity contribution is 6.46. The number of aromatic hydroxyl groups is 1. The number of hydrogen-bond donors (Lipinski definition) is 2. The second-order valence-electron chi connectivity index (χ2n) is 8.38. The predicted octanol–water partition coefficient (Wildman–Crippen LogP) is 4.35. The van der Waals surface area contributed by atoms with E-state index < -0.39 is 17.7 Å². The van der Waals surface area contributed by atoms with Gasteiger partial charge in [-0.05, 0) is 54.4 Å². The van der Waals surface area contributed by atoms with Gasteiger partial charge in [-0.3, -0.25) is 9.59 Å². The summed E-state index contributed by atoms with van der Waals surface area (Å²) in [5.41, 5.74) is 3.04. The first kappa shape index (κ1) is 24.0. The molecular formula is C28H27NO6.